The van der Waals surface area contributed by atoms with Crippen LogP contribution in [0.4, 0.5) is 5.82 Å². The largest absolute Gasteiger partial charge is 0.492 e. The number of hydrogen-bond acceptors (Lipinski definition) is 8. The third-order valence-electron chi connectivity index (χ3n) is 6.30. The Morgan fingerprint density at radius 3 is 2.80 bits per heavy atom. The average molecular weight is 483 g/mol. The van der Waals surface area contributed by atoms with Gasteiger partial charge in [-0.15, -0.1) is 10.2 Å². The molecule has 2 aromatic heterocycles. The summed E-state index contributed by atoms with van der Waals surface area (Å²) in [5, 5.41) is 12.1. The number of ether oxygens (including phenoxy) is 2. The first-order chi connectivity index (χ1) is 17.0. The summed E-state index contributed by atoms with van der Waals surface area (Å²) in [5.74, 6) is 3.15. The van der Waals surface area contributed by atoms with E-state index in [0.717, 1.165) is 92.7 Å². The van der Waals surface area contributed by atoms with Gasteiger partial charge in [-0.1, -0.05) is 20.3 Å². The van der Waals surface area contributed by atoms with Gasteiger partial charge in [0.25, 0.3) is 0 Å². The summed E-state index contributed by atoms with van der Waals surface area (Å²) in [6, 6.07) is 5.99. The van der Waals surface area contributed by atoms with E-state index in [1.165, 1.54) is 0 Å². The normalized spacial score (nSPS) is 14.7. The number of carbonyl (C=O) groups is 1. The van der Waals surface area contributed by atoms with Crippen molar-refractivity contribution in [3.63, 3.8) is 0 Å². The Morgan fingerprint density at radius 2 is 2.00 bits per heavy atom. The lowest BCUT2D eigenvalue weighted by molar-refractivity contribution is -0.119. The maximum Gasteiger partial charge on any atom is 0.204 e. The number of nitrogens with one attached hydrogen (secondary N) is 1. The highest BCUT2D eigenvalue weighted by Gasteiger charge is 2.14. The van der Waals surface area contributed by atoms with Crippen LogP contribution < -0.4 is 10.1 Å². The van der Waals surface area contributed by atoms with Crippen molar-refractivity contribution in [3.8, 4) is 5.75 Å². The van der Waals surface area contributed by atoms with E-state index in [9.17, 15) is 4.79 Å². The molecule has 0 bridgehead atoms. The molecule has 1 aliphatic heterocycles. The predicted octanol–water partition coefficient (Wildman–Crippen LogP) is 3.88. The van der Waals surface area contributed by atoms with Crippen molar-refractivity contribution in [1.29, 1.82) is 0 Å². The number of fused-ring (bicyclic) bond motifs is 3. The van der Waals surface area contributed by atoms with Crippen LogP contribution in [0.2, 0.25) is 0 Å². The van der Waals surface area contributed by atoms with E-state index in [2.05, 4.69) is 34.3 Å². The number of anilines is 1. The Hall–Kier alpha value is -2.78. The van der Waals surface area contributed by atoms with Crippen molar-refractivity contribution in [1.82, 2.24) is 24.5 Å². The van der Waals surface area contributed by atoms with Crippen molar-refractivity contribution in [2.24, 2.45) is 5.92 Å². The van der Waals surface area contributed by atoms with E-state index in [0.29, 0.717) is 31.1 Å². The van der Waals surface area contributed by atoms with Crippen LogP contribution in [0.3, 0.4) is 0 Å². The monoisotopic (exact) mass is 482 g/mol. The lowest BCUT2D eigenvalue weighted by Crippen LogP contribution is -2.38. The van der Waals surface area contributed by atoms with Gasteiger partial charge in [-0.25, -0.2) is 4.98 Å². The molecule has 190 valence electrons. The van der Waals surface area contributed by atoms with Crippen LogP contribution in [-0.4, -0.2) is 76.3 Å². The van der Waals surface area contributed by atoms with Crippen LogP contribution in [0.5, 0.6) is 5.75 Å². The first-order valence-electron chi connectivity index (χ1n) is 12.8. The minimum atomic E-state index is 0.368. The average Bonchev–Trinajstić information content (AvgIpc) is 3.23. The topological polar surface area (TPSA) is 93.9 Å². The Kier molecular flexibility index (Phi) is 8.87. The van der Waals surface area contributed by atoms with E-state index in [1.807, 2.05) is 29.5 Å². The summed E-state index contributed by atoms with van der Waals surface area (Å²) in [6.45, 7) is 11.9. The molecule has 1 aromatic carbocycles. The van der Waals surface area contributed by atoms with Crippen LogP contribution in [0.15, 0.2) is 18.2 Å². The van der Waals surface area contributed by atoms with Gasteiger partial charge in [-0.2, -0.15) is 0 Å². The molecular weight excluding hydrogens is 444 g/mol. The molecule has 1 saturated heterocycles. The van der Waals surface area contributed by atoms with Crippen molar-refractivity contribution in [2.45, 2.75) is 52.9 Å². The fourth-order valence-electron chi connectivity index (χ4n) is 4.47. The molecule has 9 heteroatoms. The molecule has 1 aliphatic rings. The second-order valence-electron chi connectivity index (χ2n) is 9.69. The van der Waals surface area contributed by atoms with Crippen molar-refractivity contribution in [2.75, 3.05) is 51.3 Å². The molecule has 0 radical (unpaired) electrons. The number of morpholine rings is 1. The highest BCUT2D eigenvalue weighted by Crippen LogP contribution is 2.25. The van der Waals surface area contributed by atoms with E-state index < -0.39 is 0 Å². The molecule has 0 atom stereocenters. The molecule has 0 spiro atoms. The Morgan fingerprint density at radius 1 is 1.17 bits per heavy atom. The highest BCUT2D eigenvalue weighted by atomic mass is 16.5. The van der Waals surface area contributed by atoms with Gasteiger partial charge >= 0.3 is 0 Å². The number of aromatic nitrogens is 4. The third kappa shape index (κ3) is 6.89. The summed E-state index contributed by atoms with van der Waals surface area (Å²) in [6.07, 6.45) is 4.27. The van der Waals surface area contributed by atoms with Gasteiger partial charge in [0, 0.05) is 45.1 Å². The second-order valence-corrected chi connectivity index (χ2v) is 9.69. The van der Waals surface area contributed by atoms with Gasteiger partial charge in [-0.05, 0) is 37.8 Å². The lowest BCUT2D eigenvalue weighted by atomic mass is 10.0. The fourth-order valence-corrected chi connectivity index (χ4v) is 4.47. The minimum Gasteiger partial charge on any atom is -0.492 e. The number of aryl methyl sites for hydroxylation is 1. The number of unbranched alkanes of at least 4 members (excludes halogenated alkanes) is 2. The molecular formula is C26H38N6O3. The zero-order chi connectivity index (χ0) is 24.6. The van der Waals surface area contributed by atoms with Gasteiger partial charge in [0.15, 0.2) is 5.82 Å². The van der Waals surface area contributed by atoms with Gasteiger partial charge in [0.05, 0.1) is 24.2 Å². The molecule has 0 aliphatic carbocycles. The van der Waals surface area contributed by atoms with Crippen molar-refractivity contribution in [3.05, 3.63) is 24.0 Å². The summed E-state index contributed by atoms with van der Waals surface area (Å²) in [4.78, 5) is 19.1. The van der Waals surface area contributed by atoms with Crippen molar-refractivity contribution < 1.29 is 14.3 Å². The number of benzene rings is 1. The smallest absolute Gasteiger partial charge is 0.204 e. The van der Waals surface area contributed by atoms with Crippen molar-refractivity contribution >= 4 is 28.3 Å². The van der Waals surface area contributed by atoms with Gasteiger partial charge in [-0.3, -0.25) is 14.1 Å². The maximum absolute atomic E-state index is 11.9. The molecule has 3 aromatic rings. The quantitative estimate of drug-likeness (QED) is 0.367. The number of rotatable bonds is 13. The summed E-state index contributed by atoms with van der Waals surface area (Å²) >= 11 is 0. The van der Waals surface area contributed by atoms with Crippen LogP contribution in [0.1, 0.15) is 51.8 Å². The summed E-state index contributed by atoms with van der Waals surface area (Å²) in [5.41, 5.74) is 2.52. The first-order valence-corrected chi connectivity index (χ1v) is 12.8. The number of hydrogen-bond donors (Lipinski definition) is 1. The fraction of sp³-hybridized carbons (Fsp3) is 0.615. The van der Waals surface area contributed by atoms with Gasteiger partial charge < -0.3 is 14.8 Å². The number of nitrogens with zero attached hydrogens (tertiary/aromatic N) is 5. The number of ketones is 1. The lowest BCUT2D eigenvalue weighted by Gasteiger charge is -2.26. The zero-order valence-electron chi connectivity index (χ0n) is 21.3. The SMILES string of the molecule is Cc1nnc2c(NCCCCCC(=O)CC(C)C)nc3cc(OCCN4CCOCC4)ccc3n12. The molecule has 1 N–H and O–H groups in total. The van der Waals surface area contributed by atoms with E-state index in [1.54, 1.807) is 0 Å². The van der Waals surface area contributed by atoms with E-state index >= 15 is 0 Å². The molecule has 0 amide bonds. The van der Waals surface area contributed by atoms with Crippen LogP contribution >= 0.6 is 0 Å². The van der Waals surface area contributed by atoms with Crippen LogP contribution in [-0.2, 0) is 9.53 Å². The maximum atomic E-state index is 11.9. The molecule has 9 nitrogen and oxygen atoms in total. The third-order valence-corrected chi connectivity index (χ3v) is 6.30. The molecule has 0 unspecified atom stereocenters. The van der Waals surface area contributed by atoms with Crippen LogP contribution in [0, 0.1) is 12.8 Å². The van der Waals surface area contributed by atoms with Gasteiger partial charge in [0.1, 0.15) is 24.0 Å². The first kappa shape index (κ1) is 25.3. The molecule has 3 heterocycles. The second kappa shape index (κ2) is 12.3. The Bertz CT molecular complexity index is 1120. The molecule has 1 fully saturated rings. The highest BCUT2D eigenvalue weighted by molar-refractivity contribution is 5.84. The number of Topliss-reactive ketones (excluding diaryl/α,β-unsaturated/α-hetero) is 1. The minimum absolute atomic E-state index is 0.368. The molecule has 4 rings (SSSR count). The zero-order valence-corrected chi connectivity index (χ0v) is 21.3. The predicted molar refractivity (Wildman–Crippen MR) is 137 cm³/mol. The standard InChI is InChI=1S/C26H38N6O3/c1-19(2)17-21(33)7-5-4-6-10-27-25-26-30-29-20(3)32(26)24-9-8-22(18-23(24)28-25)35-16-13-31-11-14-34-15-12-31/h8-9,18-19H,4-7,10-17H2,1-3H3,(H,27,28). The van der Waals surface area contributed by atoms with Gasteiger partial charge in [0.2, 0.25) is 5.65 Å². The Balaban J connectivity index is 1.36. The molecule has 0 saturated carbocycles. The number of carbonyl (C=O) groups excluding carboxylic acids is 1. The Labute approximate surface area is 207 Å². The van der Waals surface area contributed by atoms with E-state index in [4.69, 9.17) is 14.5 Å². The molecule has 35 heavy (non-hydrogen) atoms. The van der Waals surface area contributed by atoms with E-state index in [-0.39, 0.29) is 0 Å². The summed E-state index contributed by atoms with van der Waals surface area (Å²) < 4.78 is 13.5. The van der Waals surface area contributed by atoms with Crippen LogP contribution in [0.25, 0.3) is 16.7 Å². The summed E-state index contributed by atoms with van der Waals surface area (Å²) in [7, 11) is 0.